The molecule has 1 aromatic heterocycles. The number of nitrogens with zero attached hydrogens (tertiary/aromatic N) is 3. The first-order valence-electron chi connectivity index (χ1n) is 8.43. The van der Waals surface area contributed by atoms with Gasteiger partial charge in [-0.25, -0.2) is 8.42 Å². The van der Waals surface area contributed by atoms with Crippen LogP contribution in [0.2, 0.25) is 0 Å². The molecule has 0 atom stereocenters. The number of rotatable bonds is 6. The Morgan fingerprint density at radius 2 is 1.78 bits per heavy atom. The fraction of sp³-hybridized carbons (Fsp3) is 0.353. The first kappa shape index (κ1) is 19.5. The Hall–Kier alpha value is -2.30. The number of hydrogen-bond acceptors (Lipinski definition) is 6. The zero-order valence-corrected chi connectivity index (χ0v) is 16.1. The minimum Gasteiger partial charge on any atom is -0.340 e. The lowest BCUT2D eigenvalue weighted by molar-refractivity contribution is -0.384. The lowest BCUT2D eigenvalue weighted by Gasteiger charge is -2.34. The van der Waals surface area contributed by atoms with Crippen LogP contribution in [0.25, 0.3) is 0 Å². The van der Waals surface area contributed by atoms with Crippen LogP contribution < -0.4 is 0 Å². The van der Waals surface area contributed by atoms with Gasteiger partial charge in [0.25, 0.3) is 5.69 Å². The minimum absolute atomic E-state index is 0.0190. The molecule has 144 valence electrons. The van der Waals surface area contributed by atoms with E-state index in [0.717, 1.165) is 4.88 Å². The van der Waals surface area contributed by atoms with Gasteiger partial charge in [0, 0.05) is 49.6 Å². The number of hydrogen-bond donors (Lipinski definition) is 0. The molecular weight excluding hydrogens is 390 g/mol. The van der Waals surface area contributed by atoms with Crippen molar-refractivity contribution < 1.29 is 18.1 Å². The van der Waals surface area contributed by atoms with Crippen molar-refractivity contribution in [3.05, 3.63) is 56.8 Å². The van der Waals surface area contributed by atoms with Crippen LogP contribution in [0, 0.1) is 10.1 Å². The number of nitro groups is 1. The third kappa shape index (κ3) is 4.52. The molecule has 27 heavy (non-hydrogen) atoms. The van der Waals surface area contributed by atoms with Crippen LogP contribution in [0.15, 0.2) is 46.7 Å². The standard InChI is InChI=1S/C17H19N3O5S2/c21-17(8-5-15-2-1-13-26-15)18-9-11-19(12-10-18)27(24,25)16-6-3-14(4-7-16)20(22)23/h1-4,6-7,13H,5,8-12H2. The van der Waals surface area contributed by atoms with Gasteiger partial charge in [0.15, 0.2) is 0 Å². The molecular formula is C17H19N3O5S2. The molecule has 0 aliphatic carbocycles. The van der Waals surface area contributed by atoms with Gasteiger partial charge in [-0.05, 0) is 30.0 Å². The number of piperazine rings is 1. The van der Waals surface area contributed by atoms with Crippen molar-refractivity contribution in [1.29, 1.82) is 0 Å². The van der Waals surface area contributed by atoms with Crippen LogP contribution >= 0.6 is 11.3 Å². The molecule has 1 aliphatic heterocycles. The highest BCUT2D eigenvalue weighted by atomic mass is 32.2. The van der Waals surface area contributed by atoms with Gasteiger partial charge in [0.05, 0.1) is 9.82 Å². The number of aryl methyl sites for hydroxylation is 1. The van der Waals surface area contributed by atoms with Crippen molar-refractivity contribution in [3.63, 3.8) is 0 Å². The van der Waals surface area contributed by atoms with Crippen LogP contribution in [-0.2, 0) is 21.2 Å². The summed E-state index contributed by atoms with van der Waals surface area (Å²) in [4.78, 5) is 25.3. The highest BCUT2D eigenvalue weighted by Crippen LogP contribution is 2.21. The van der Waals surface area contributed by atoms with Crippen molar-refractivity contribution in [1.82, 2.24) is 9.21 Å². The molecule has 2 heterocycles. The number of thiophene rings is 1. The summed E-state index contributed by atoms with van der Waals surface area (Å²) < 4.78 is 26.7. The molecule has 0 bridgehead atoms. The average molecular weight is 409 g/mol. The van der Waals surface area contributed by atoms with Gasteiger partial charge in [0.2, 0.25) is 15.9 Å². The molecule has 1 fully saturated rings. The van der Waals surface area contributed by atoms with Crippen molar-refractivity contribution in [2.75, 3.05) is 26.2 Å². The number of benzene rings is 1. The van der Waals surface area contributed by atoms with E-state index >= 15 is 0 Å². The maximum absolute atomic E-state index is 12.7. The van der Waals surface area contributed by atoms with Gasteiger partial charge in [-0.15, -0.1) is 11.3 Å². The maximum atomic E-state index is 12.7. The van der Waals surface area contributed by atoms with E-state index in [2.05, 4.69) is 0 Å². The Balaban J connectivity index is 1.57. The van der Waals surface area contributed by atoms with Gasteiger partial charge in [-0.3, -0.25) is 14.9 Å². The summed E-state index contributed by atoms with van der Waals surface area (Å²) in [6.07, 6.45) is 1.10. The van der Waals surface area contributed by atoms with E-state index < -0.39 is 14.9 Å². The summed E-state index contributed by atoms with van der Waals surface area (Å²) in [5.41, 5.74) is -0.157. The second-order valence-corrected chi connectivity index (χ2v) is 9.09. The second-order valence-electron chi connectivity index (χ2n) is 6.12. The van der Waals surface area contributed by atoms with Crippen LogP contribution in [0.5, 0.6) is 0 Å². The van der Waals surface area contributed by atoms with Gasteiger partial charge in [-0.1, -0.05) is 6.07 Å². The summed E-state index contributed by atoms with van der Waals surface area (Å²) in [7, 11) is -3.73. The largest absolute Gasteiger partial charge is 0.340 e. The van der Waals surface area contributed by atoms with Crippen LogP contribution in [0.1, 0.15) is 11.3 Å². The predicted octanol–water partition coefficient (Wildman–Crippen LogP) is 2.12. The Kier molecular flexibility index (Phi) is 5.88. The number of amides is 1. The molecule has 1 saturated heterocycles. The summed E-state index contributed by atoms with van der Waals surface area (Å²) in [5, 5.41) is 12.7. The smallest absolute Gasteiger partial charge is 0.269 e. The summed E-state index contributed by atoms with van der Waals surface area (Å²) in [5.74, 6) is 0.0239. The average Bonchev–Trinajstić information content (AvgIpc) is 3.20. The van der Waals surface area contributed by atoms with Gasteiger partial charge < -0.3 is 4.90 Å². The van der Waals surface area contributed by atoms with E-state index in [-0.39, 0.29) is 29.6 Å². The van der Waals surface area contributed by atoms with E-state index in [1.54, 1.807) is 16.2 Å². The van der Waals surface area contributed by atoms with E-state index in [0.29, 0.717) is 25.9 Å². The summed E-state index contributed by atoms with van der Waals surface area (Å²) in [6.45, 7) is 1.11. The minimum atomic E-state index is -3.73. The third-order valence-electron chi connectivity index (χ3n) is 4.44. The molecule has 0 saturated carbocycles. The number of sulfonamides is 1. The monoisotopic (exact) mass is 409 g/mol. The van der Waals surface area contributed by atoms with Gasteiger partial charge in [-0.2, -0.15) is 4.31 Å². The molecule has 0 radical (unpaired) electrons. The molecule has 8 nitrogen and oxygen atoms in total. The zero-order chi connectivity index (χ0) is 19.4. The normalized spacial score (nSPS) is 15.6. The number of carbonyl (C=O) groups is 1. The quantitative estimate of drug-likeness (QED) is 0.537. The number of carbonyl (C=O) groups excluding carboxylic acids is 1. The van der Waals surface area contributed by atoms with Gasteiger partial charge in [0.1, 0.15) is 0 Å². The van der Waals surface area contributed by atoms with Crippen LogP contribution in [-0.4, -0.2) is 54.6 Å². The van der Waals surface area contributed by atoms with E-state index in [1.165, 1.54) is 28.6 Å². The molecule has 0 unspecified atom stereocenters. The predicted molar refractivity (Wildman–Crippen MR) is 101 cm³/mol. The van der Waals surface area contributed by atoms with Crippen molar-refractivity contribution >= 4 is 33.0 Å². The van der Waals surface area contributed by atoms with Crippen molar-refractivity contribution in [2.45, 2.75) is 17.7 Å². The molecule has 3 rings (SSSR count). The SMILES string of the molecule is O=C(CCc1cccs1)N1CCN(S(=O)(=O)c2ccc([N+](=O)[O-])cc2)CC1. The van der Waals surface area contributed by atoms with E-state index in [9.17, 15) is 23.3 Å². The highest BCUT2D eigenvalue weighted by molar-refractivity contribution is 7.89. The fourth-order valence-corrected chi connectivity index (χ4v) is 5.04. The molecule has 1 aliphatic rings. The Labute approximate surface area is 161 Å². The highest BCUT2D eigenvalue weighted by Gasteiger charge is 2.30. The van der Waals surface area contributed by atoms with E-state index in [1.807, 2.05) is 17.5 Å². The first-order valence-corrected chi connectivity index (χ1v) is 10.7. The van der Waals surface area contributed by atoms with Crippen LogP contribution in [0.3, 0.4) is 0 Å². The Morgan fingerprint density at radius 1 is 1.11 bits per heavy atom. The second kappa shape index (κ2) is 8.15. The third-order valence-corrected chi connectivity index (χ3v) is 7.29. The molecule has 10 heteroatoms. The Morgan fingerprint density at radius 3 is 2.33 bits per heavy atom. The molecule has 0 N–H and O–H groups in total. The number of non-ortho nitro benzene ring substituents is 1. The summed E-state index contributed by atoms with van der Waals surface area (Å²) >= 11 is 1.62. The van der Waals surface area contributed by atoms with Crippen molar-refractivity contribution in [2.24, 2.45) is 0 Å². The van der Waals surface area contributed by atoms with Crippen LogP contribution in [0.4, 0.5) is 5.69 Å². The summed E-state index contributed by atoms with van der Waals surface area (Å²) in [6, 6.07) is 8.78. The first-order chi connectivity index (χ1) is 12.9. The van der Waals surface area contributed by atoms with E-state index in [4.69, 9.17) is 0 Å². The topological polar surface area (TPSA) is 101 Å². The molecule has 1 amide bonds. The lowest BCUT2D eigenvalue weighted by Crippen LogP contribution is -2.50. The number of nitro benzene ring substituents is 1. The molecule has 0 spiro atoms. The zero-order valence-electron chi connectivity index (χ0n) is 14.5. The molecule has 2 aromatic rings. The Bertz CT molecular complexity index is 903. The van der Waals surface area contributed by atoms with Gasteiger partial charge >= 0.3 is 0 Å². The maximum Gasteiger partial charge on any atom is 0.269 e. The molecule has 1 aromatic carbocycles. The fourth-order valence-electron chi connectivity index (χ4n) is 2.91. The van der Waals surface area contributed by atoms with Crippen molar-refractivity contribution in [3.8, 4) is 0 Å². The lowest BCUT2D eigenvalue weighted by atomic mass is 10.2.